The van der Waals surface area contributed by atoms with Gasteiger partial charge in [-0.1, -0.05) is 30.3 Å². The molecule has 1 atom stereocenters. The maximum absolute atomic E-state index is 14.1. The van der Waals surface area contributed by atoms with E-state index in [9.17, 15) is 18.0 Å². The van der Waals surface area contributed by atoms with Gasteiger partial charge >= 0.3 is 6.18 Å². The molecule has 7 heteroatoms. The zero-order valence-electron chi connectivity index (χ0n) is 16.0. The molecule has 3 rings (SSSR count). The number of piperazine rings is 1. The third-order valence-corrected chi connectivity index (χ3v) is 5.88. The lowest BCUT2D eigenvalue weighted by Gasteiger charge is -2.41. The van der Waals surface area contributed by atoms with Crippen LogP contribution in [0.15, 0.2) is 30.3 Å². The molecule has 0 aliphatic carbocycles. The second kappa shape index (κ2) is 7.80. The number of hydrogen-bond acceptors (Lipinski definition) is 3. The van der Waals surface area contributed by atoms with Gasteiger partial charge in [-0.15, -0.1) is 0 Å². The van der Waals surface area contributed by atoms with Gasteiger partial charge in [0, 0.05) is 45.3 Å². The van der Waals surface area contributed by atoms with Gasteiger partial charge in [0.1, 0.15) is 0 Å². The molecule has 0 N–H and O–H groups in total. The number of amides is 1. The number of alkyl halides is 3. The highest BCUT2D eigenvalue weighted by atomic mass is 19.4. The van der Waals surface area contributed by atoms with Crippen LogP contribution < -0.4 is 0 Å². The molecule has 2 aliphatic rings. The van der Waals surface area contributed by atoms with Crippen LogP contribution in [0.2, 0.25) is 0 Å². The molecule has 1 aromatic rings. The van der Waals surface area contributed by atoms with Crippen molar-refractivity contribution in [3.05, 3.63) is 35.9 Å². The molecular weight excluding hydrogens is 355 g/mol. The van der Waals surface area contributed by atoms with Gasteiger partial charge in [0.25, 0.3) is 0 Å². The number of rotatable bonds is 4. The minimum Gasteiger partial charge on any atom is -0.339 e. The van der Waals surface area contributed by atoms with Gasteiger partial charge in [0.15, 0.2) is 5.41 Å². The van der Waals surface area contributed by atoms with E-state index in [0.717, 1.165) is 5.56 Å². The van der Waals surface area contributed by atoms with Crippen LogP contribution in [0.3, 0.4) is 0 Å². The molecule has 0 radical (unpaired) electrons. The Kier molecular flexibility index (Phi) is 5.82. The Hall–Kier alpha value is -1.60. The Labute approximate surface area is 158 Å². The highest BCUT2D eigenvalue weighted by molar-refractivity contribution is 5.84. The molecule has 2 heterocycles. The third kappa shape index (κ3) is 4.14. The first kappa shape index (κ1) is 20.1. The monoisotopic (exact) mass is 383 g/mol. The van der Waals surface area contributed by atoms with E-state index in [0.29, 0.717) is 38.8 Å². The Bertz CT molecular complexity index is 642. The molecule has 1 amide bonds. The lowest BCUT2D eigenvalue weighted by molar-refractivity contribution is -0.224. The first-order chi connectivity index (χ1) is 12.7. The van der Waals surface area contributed by atoms with Gasteiger partial charge in [0.05, 0.1) is 0 Å². The predicted octanol–water partition coefficient (Wildman–Crippen LogP) is 2.99. The SMILES string of the molecule is CC(C)N1CCN(C(=O)C2(C(F)(F)F)CCN(Cc3ccccc3)C2)CC1. The topological polar surface area (TPSA) is 26.8 Å². The Morgan fingerprint density at radius 3 is 2.26 bits per heavy atom. The highest BCUT2D eigenvalue weighted by Crippen LogP contribution is 2.47. The van der Waals surface area contributed by atoms with Crippen LogP contribution >= 0.6 is 0 Å². The number of carbonyl (C=O) groups excluding carboxylic acids is 1. The zero-order chi connectivity index (χ0) is 19.7. The lowest BCUT2D eigenvalue weighted by atomic mass is 9.84. The van der Waals surface area contributed by atoms with Crippen LogP contribution in [-0.4, -0.2) is 72.1 Å². The summed E-state index contributed by atoms with van der Waals surface area (Å²) in [6.45, 7) is 6.59. The number of hydrogen-bond donors (Lipinski definition) is 0. The van der Waals surface area contributed by atoms with Crippen LogP contribution in [0.1, 0.15) is 25.8 Å². The van der Waals surface area contributed by atoms with Crippen LogP contribution in [0.5, 0.6) is 0 Å². The number of likely N-dealkylation sites (tertiary alicyclic amines) is 1. The molecule has 0 bridgehead atoms. The van der Waals surface area contributed by atoms with Gasteiger partial charge < -0.3 is 4.90 Å². The Balaban J connectivity index is 1.72. The number of carbonyl (C=O) groups is 1. The number of halogens is 3. The van der Waals surface area contributed by atoms with E-state index in [-0.39, 0.29) is 19.5 Å². The summed E-state index contributed by atoms with van der Waals surface area (Å²) >= 11 is 0. The van der Waals surface area contributed by atoms with Gasteiger partial charge in [0.2, 0.25) is 5.91 Å². The normalized spacial score (nSPS) is 25.3. The minimum atomic E-state index is -4.54. The maximum atomic E-state index is 14.1. The van der Waals surface area contributed by atoms with Crippen molar-refractivity contribution < 1.29 is 18.0 Å². The van der Waals surface area contributed by atoms with Gasteiger partial charge in [-0.25, -0.2) is 0 Å². The van der Waals surface area contributed by atoms with E-state index in [4.69, 9.17) is 0 Å². The van der Waals surface area contributed by atoms with Crippen molar-refractivity contribution in [3.63, 3.8) is 0 Å². The molecule has 2 fully saturated rings. The molecule has 2 aliphatic heterocycles. The van der Waals surface area contributed by atoms with E-state index in [1.165, 1.54) is 4.90 Å². The fourth-order valence-electron chi connectivity index (χ4n) is 4.14. The van der Waals surface area contributed by atoms with Crippen molar-refractivity contribution in [2.24, 2.45) is 5.41 Å². The Morgan fingerprint density at radius 1 is 1.07 bits per heavy atom. The van der Waals surface area contributed by atoms with Gasteiger partial charge in [-0.05, 0) is 32.4 Å². The predicted molar refractivity (Wildman–Crippen MR) is 98.1 cm³/mol. The van der Waals surface area contributed by atoms with E-state index in [1.54, 1.807) is 4.90 Å². The smallest absolute Gasteiger partial charge is 0.339 e. The van der Waals surface area contributed by atoms with E-state index < -0.39 is 17.5 Å². The summed E-state index contributed by atoms with van der Waals surface area (Å²) in [7, 11) is 0. The van der Waals surface area contributed by atoms with E-state index in [1.807, 2.05) is 30.3 Å². The van der Waals surface area contributed by atoms with Gasteiger partial charge in [-0.3, -0.25) is 14.6 Å². The largest absolute Gasteiger partial charge is 0.404 e. The molecule has 27 heavy (non-hydrogen) atoms. The average molecular weight is 383 g/mol. The first-order valence-corrected chi connectivity index (χ1v) is 9.59. The average Bonchev–Trinajstić information content (AvgIpc) is 3.07. The quantitative estimate of drug-likeness (QED) is 0.800. The molecule has 0 aromatic heterocycles. The molecule has 2 saturated heterocycles. The van der Waals surface area contributed by atoms with Crippen LogP contribution in [0.25, 0.3) is 0 Å². The van der Waals surface area contributed by atoms with Gasteiger partial charge in [-0.2, -0.15) is 13.2 Å². The van der Waals surface area contributed by atoms with E-state index in [2.05, 4.69) is 18.7 Å². The molecule has 0 saturated carbocycles. The molecule has 0 spiro atoms. The standard InChI is InChI=1S/C20H28F3N3O/c1-16(2)25-10-12-26(13-11-25)18(27)19(20(21,22)23)8-9-24(15-19)14-17-6-4-3-5-7-17/h3-7,16H,8-15H2,1-2H3. The second-order valence-electron chi connectivity index (χ2n) is 7.95. The second-order valence-corrected chi connectivity index (χ2v) is 7.95. The van der Waals surface area contributed by atoms with Crippen molar-refractivity contribution in [3.8, 4) is 0 Å². The summed E-state index contributed by atoms with van der Waals surface area (Å²) < 4.78 is 42.2. The molecule has 1 unspecified atom stereocenters. The Morgan fingerprint density at radius 2 is 1.70 bits per heavy atom. The summed E-state index contributed by atoms with van der Waals surface area (Å²) in [5.41, 5.74) is -1.31. The molecular formula is C20H28F3N3O. The summed E-state index contributed by atoms with van der Waals surface area (Å²) in [6.07, 6.45) is -4.70. The molecule has 4 nitrogen and oxygen atoms in total. The fraction of sp³-hybridized carbons (Fsp3) is 0.650. The zero-order valence-corrected chi connectivity index (χ0v) is 16.0. The van der Waals surface area contributed by atoms with Crippen LogP contribution in [0, 0.1) is 5.41 Å². The van der Waals surface area contributed by atoms with Crippen molar-refractivity contribution >= 4 is 5.91 Å². The fourth-order valence-corrected chi connectivity index (χ4v) is 4.14. The summed E-state index contributed by atoms with van der Waals surface area (Å²) in [5.74, 6) is -0.742. The third-order valence-electron chi connectivity index (χ3n) is 5.88. The van der Waals surface area contributed by atoms with Crippen molar-refractivity contribution in [1.29, 1.82) is 0 Å². The number of benzene rings is 1. The van der Waals surface area contributed by atoms with E-state index >= 15 is 0 Å². The maximum Gasteiger partial charge on any atom is 0.404 e. The number of nitrogens with zero attached hydrogens (tertiary/aromatic N) is 3. The minimum absolute atomic E-state index is 0.160. The molecule has 1 aromatic carbocycles. The molecule has 150 valence electrons. The van der Waals surface area contributed by atoms with Crippen molar-refractivity contribution in [2.45, 2.75) is 39.0 Å². The highest BCUT2D eigenvalue weighted by Gasteiger charge is 2.64. The summed E-state index contributed by atoms with van der Waals surface area (Å²) in [4.78, 5) is 18.4. The van der Waals surface area contributed by atoms with Crippen LogP contribution in [-0.2, 0) is 11.3 Å². The van der Waals surface area contributed by atoms with Crippen molar-refractivity contribution in [2.75, 3.05) is 39.3 Å². The lowest BCUT2D eigenvalue weighted by Crippen LogP contribution is -2.58. The van der Waals surface area contributed by atoms with Crippen LogP contribution in [0.4, 0.5) is 13.2 Å². The van der Waals surface area contributed by atoms with Crippen molar-refractivity contribution in [1.82, 2.24) is 14.7 Å². The first-order valence-electron chi connectivity index (χ1n) is 9.59. The summed E-state index contributed by atoms with van der Waals surface area (Å²) in [6, 6.07) is 9.78. The summed E-state index contributed by atoms with van der Waals surface area (Å²) in [5, 5.41) is 0.